The van der Waals surface area contributed by atoms with E-state index >= 15 is 0 Å². The number of amides is 2. The first-order valence-electron chi connectivity index (χ1n) is 10.1. The molecule has 3 heterocycles. The maximum Gasteiger partial charge on any atom is 0.269 e. The fraction of sp³-hybridized carbons (Fsp3) is 0.333. The predicted octanol–water partition coefficient (Wildman–Crippen LogP) is 4.18. The van der Waals surface area contributed by atoms with Crippen LogP contribution >= 0.6 is 11.8 Å². The van der Waals surface area contributed by atoms with Crippen LogP contribution in [0.5, 0.6) is 11.5 Å². The van der Waals surface area contributed by atoms with Crippen LogP contribution in [0.3, 0.4) is 0 Å². The minimum absolute atomic E-state index is 0.0960. The molecule has 31 heavy (non-hydrogen) atoms. The Balaban J connectivity index is 1.78. The molecule has 2 aromatic rings. The molecule has 0 saturated carbocycles. The Bertz CT molecular complexity index is 1150. The van der Waals surface area contributed by atoms with Gasteiger partial charge in [-0.05, 0) is 26.3 Å². The number of nitrogens with zero attached hydrogens (tertiary/aromatic N) is 2. The zero-order valence-corrected chi connectivity index (χ0v) is 19.0. The first-order chi connectivity index (χ1) is 14.7. The Morgan fingerprint density at radius 3 is 2.32 bits per heavy atom. The molecule has 0 aromatic heterocycles. The molecule has 0 radical (unpaired) electrons. The van der Waals surface area contributed by atoms with Gasteiger partial charge in [0.25, 0.3) is 5.91 Å². The van der Waals surface area contributed by atoms with Crippen molar-refractivity contribution in [1.29, 1.82) is 0 Å². The Kier molecular flexibility index (Phi) is 4.21. The monoisotopic (exact) mass is 436 g/mol. The largest absolute Gasteiger partial charge is 0.497 e. The molecule has 1 saturated heterocycles. The summed E-state index contributed by atoms with van der Waals surface area (Å²) in [6.07, 6.45) is 2.12. The molecule has 7 heteroatoms. The van der Waals surface area contributed by atoms with Crippen LogP contribution in [0, 0.1) is 0 Å². The molecule has 3 aliphatic heterocycles. The molecule has 0 N–H and O–H groups in total. The SMILES string of the molecule is COc1cc(OC)cc(N2C(=O)CS[C@]23C(=O)N2c4c(cccc43)C(C)=CC2(C)C)c1. The first-order valence-corrected chi connectivity index (χ1v) is 11.1. The van der Waals surface area contributed by atoms with Gasteiger partial charge in [0.15, 0.2) is 0 Å². The van der Waals surface area contributed by atoms with E-state index in [-0.39, 0.29) is 17.6 Å². The van der Waals surface area contributed by atoms with Crippen molar-refractivity contribution in [1.82, 2.24) is 0 Å². The smallest absolute Gasteiger partial charge is 0.269 e. The van der Waals surface area contributed by atoms with Gasteiger partial charge in [-0.25, -0.2) is 0 Å². The Morgan fingerprint density at radius 1 is 1.00 bits per heavy atom. The quantitative estimate of drug-likeness (QED) is 0.723. The summed E-state index contributed by atoms with van der Waals surface area (Å²) in [5.74, 6) is 1.13. The van der Waals surface area contributed by atoms with Gasteiger partial charge in [-0.1, -0.05) is 24.3 Å². The lowest BCUT2D eigenvalue weighted by atomic mass is 9.89. The lowest BCUT2D eigenvalue weighted by molar-refractivity contribution is -0.124. The maximum absolute atomic E-state index is 14.2. The summed E-state index contributed by atoms with van der Waals surface area (Å²) in [5, 5.41) is 0. The second kappa shape index (κ2) is 6.53. The number of allylic oxidation sites excluding steroid dienone is 1. The van der Waals surface area contributed by atoms with Crippen molar-refractivity contribution in [2.75, 3.05) is 29.8 Å². The molecule has 1 fully saturated rings. The molecule has 1 spiro atoms. The van der Waals surface area contributed by atoms with Gasteiger partial charge in [0.05, 0.1) is 36.9 Å². The second-order valence-electron chi connectivity index (χ2n) is 8.56. The zero-order chi connectivity index (χ0) is 22.1. The summed E-state index contributed by atoms with van der Waals surface area (Å²) in [6, 6.07) is 11.3. The number of thioether (sulfide) groups is 1. The van der Waals surface area contributed by atoms with E-state index in [9.17, 15) is 9.59 Å². The average Bonchev–Trinajstić information content (AvgIpc) is 3.22. The minimum Gasteiger partial charge on any atom is -0.497 e. The van der Waals surface area contributed by atoms with E-state index in [0.29, 0.717) is 17.2 Å². The summed E-state index contributed by atoms with van der Waals surface area (Å²) in [6.45, 7) is 6.14. The molecule has 2 amide bonds. The predicted molar refractivity (Wildman–Crippen MR) is 123 cm³/mol. The Labute approximate surface area is 185 Å². The third kappa shape index (κ3) is 2.53. The van der Waals surface area contributed by atoms with E-state index in [2.05, 4.69) is 13.0 Å². The van der Waals surface area contributed by atoms with E-state index in [0.717, 1.165) is 22.4 Å². The number of rotatable bonds is 3. The van der Waals surface area contributed by atoms with Crippen molar-refractivity contribution >= 4 is 40.5 Å². The average molecular weight is 437 g/mol. The molecule has 160 valence electrons. The highest BCUT2D eigenvalue weighted by Gasteiger charge is 2.64. The number of fused-ring (bicyclic) bond motifs is 1. The number of benzene rings is 2. The van der Waals surface area contributed by atoms with Crippen LogP contribution in [0.4, 0.5) is 11.4 Å². The number of methoxy groups -OCH3 is 2. The number of carbonyl (C=O) groups excluding carboxylic acids is 2. The summed E-state index contributed by atoms with van der Waals surface area (Å²) >= 11 is 1.38. The molecular weight excluding hydrogens is 412 g/mol. The van der Waals surface area contributed by atoms with Crippen LogP contribution in [-0.2, 0) is 14.5 Å². The maximum atomic E-state index is 14.2. The number of para-hydroxylation sites is 1. The van der Waals surface area contributed by atoms with Crippen LogP contribution in [0.2, 0.25) is 0 Å². The van der Waals surface area contributed by atoms with Crippen LogP contribution in [0.15, 0.2) is 42.5 Å². The fourth-order valence-corrected chi connectivity index (χ4v) is 6.37. The molecule has 0 bridgehead atoms. The lowest BCUT2D eigenvalue weighted by Gasteiger charge is -2.40. The fourth-order valence-electron chi connectivity index (χ4n) is 5.04. The van der Waals surface area contributed by atoms with Gasteiger partial charge < -0.3 is 9.47 Å². The van der Waals surface area contributed by atoms with Crippen LogP contribution in [0.1, 0.15) is 31.9 Å². The Hall–Kier alpha value is -2.93. The highest BCUT2D eigenvalue weighted by atomic mass is 32.2. The lowest BCUT2D eigenvalue weighted by Crippen LogP contribution is -2.54. The molecule has 3 aliphatic rings. The minimum atomic E-state index is -1.16. The van der Waals surface area contributed by atoms with Gasteiger partial charge in [0.2, 0.25) is 10.8 Å². The molecule has 1 atom stereocenters. The summed E-state index contributed by atoms with van der Waals surface area (Å²) in [7, 11) is 3.14. The molecule has 0 unspecified atom stereocenters. The Morgan fingerprint density at radius 2 is 1.68 bits per heavy atom. The van der Waals surface area contributed by atoms with Crippen molar-refractivity contribution in [3.05, 3.63) is 53.6 Å². The third-order valence-electron chi connectivity index (χ3n) is 6.25. The zero-order valence-electron chi connectivity index (χ0n) is 18.2. The molecule has 0 aliphatic carbocycles. The van der Waals surface area contributed by atoms with Gasteiger partial charge in [-0.15, -0.1) is 11.8 Å². The molecule has 5 rings (SSSR count). The number of anilines is 2. The molecular formula is C24H24N2O4S. The van der Waals surface area contributed by atoms with Crippen molar-refractivity contribution in [3.63, 3.8) is 0 Å². The highest BCUT2D eigenvalue weighted by molar-refractivity contribution is 8.02. The number of ether oxygens (including phenoxy) is 2. The number of hydrogen-bond acceptors (Lipinski definition) is 5. The van der Waals surface area contributed by atoms with Crippen LogP contribution < -0.4 is 19.3 Å². The second-order valence-corrected chi connectivity index (χ2v) is 9.72. The standard InChI is InChI=1S/C24H24N2O4S/c1-14-12-23(2,3)26-21-18(14)7-6-8-19(21)24(22(26)28)25(20(27)13-31-24)15-9-16(29-4)11-17(10-15)30-5/h6-12H,13H2,1-5H3/t24-/m1/s1. The third-order valence-corrected chi connectivity index (χ3v) is 7.64. The van der Waals surface area contributed by atoms with Gasteiger partial charge in [-0.2, -0.15) is 0 Å². The van der Waals surface area contributed by atoms with Crippen molar-refractivity contribution < 1.29 is 19.1 Å². The van der Waals surface area contributed by atoms with Crippen molar-refractivity contribution in [3.8, 4) is 11.5 Å². The first kappa shape index (κ1) is 20.0. The van der Waals surface area contributed by atoms with Crippen LogP contribution in [0.25, 0.3) is 5.57 Å². The topological polar surface area (TPSA) is 59.1 Å². The van der Waals surface area contributed by atoms with E-state index in [1.807, 2.05) is 36.9 Å². The summed E-state index contributed by atoms with van der Waals surface area (Å²) in [4.78, 5) is 29.8. The van der Waals surface area contributed by atoms with Gasteiger partial charge in [0, 0.05) is 29.3 Å². The van der Waals surface area contributed by atoms with Crippen molar-refractivity contribution in [2.45, 2.75) is 31.2 Å². The van der Waals surface area contributed by atoms with E-state index in [1.165, 1.54) is 11.8 Å². The van der Waals surface area contributed by atoms with E-state index < -0.39 is 10.4 Å². The van der Waals surface area contributed by atoms with Gasteiger partial charge in [-0.3, -0.25) is 19.4 Å². The van der Waals surface area contributed by atoms with Gasteiger partial charge >= 0.3 is 0 Å². The number of carbonyl (C=O) groups is 2. The van der Waals surface area contributed by atoms with E-state index in [4.69, 9.17) is 9.47 Å². The van der Waals surface area contributed by atoms with Crippen LogP contribution in [-0.4, -0.2) is 37.3 Å². The summed E-state index contributed by atoms with van der Waals surface area (Å²) < 4.78 is 10.9. The normalized spacial score (nSPS) is 23.3. The van der Waals surface area contributed by atoms with Gasteiger partial charge in [0.1, 0.15) is 11.5 Å². The number of hydrogen-bond donors (Lipinski definition) is 0. The van der Waals surface area contributed by atoms with E-state index in [1.54, 1.807) is 37.3 Å². The van der Waals surface area contributed by atoms with Crippen molar-refractivity contribution in [2.24, 2.45) is 0 Å². The summed E-state index contributed by atoms with van der Waals surface area (Å²) in [5.41, 5.74) is 4.00. The molecule has 2 aromatic carbocycles. The highest BCUT2D eigenvalue weighted by Crippen LogP contribution is 2.60. The molecule has 6 nitrogen and oxygen atoms in total.